The Morgan fingerprint density at radius 1 is 1.07 bits per heavy atom. The van der Waals surface area contributed by atoms with E-state index in [0.29, 0.717) is 31.3 Å². The number of rotatable bonds is 10. The van der Waals surface area contributed by atoms with Crippen molar-refractivity contribution in [1.29, 1.82) is 0 Å². The smallest absolute Gasteiger partial charge is 0.247 e. The van der Waals surface area contributed by atoms with Crippen LogP contribution < -0.4 is 10.6 Å². The number of aliphatic hydroxyl groups is 1. The van der Waals surface area contributed by atoms with Crippen molar-refractivity contribution in [3.05, 3.63) is 60.2 Å². The molecule has 2 aromatic carbocycles. The molecule has 42 heavy (non-hydrogen) atoms. The number of nitrogens with zero attached hydrogens (tertiary/aromatic N) is 4. The van der Waals surface area contributed by atoms with Gasteiger partial charge in [0.1, 0.15) is 23.8 Å². The molecule has 1 spiro atoms. The van der Waals surface area contributed by atoms with Crippen LogP contribution in [0.15, 0.2) is 54.6 Å². The Labute approximate surface area is 244 Å². The molecule has 6 rings (SSSR count). The first-order valence-electron chi connectivity index (χ1n) is 14.7. The van der Waals surface area contributed by atoms with E-state index in [0.717, 1.165) is 11.1 Å². The summed E-state index contributed by atoms with van der Waals surface area (Å²) in [6, 6.07) is 15.4. The molecule has 222 valence electrons. The van der Waals surface area contributed by atoms with E-state index in [-0.39, 0.29) is 31.0 Å². The number of carbonyl (C=O) groups excluding carboxylic acids is 3. The fraction of sp³-hybridized carbons (Fsp3) is 0.516. The van der Waals surface area contributed by atoms with Gasteiger partial charge in [-0.2, -0.15) is 0 Å². The third kappa shape index (κ3) is 4.55. The Hall–Kier alpha value is -3.83. The monoisotopic (exact) mass is 574 g/mol. The SMILES string of the molecule is CC(C)C[C@H](CO)N1C(=O)[C@@H]2[C@@H](C(=O)NCc3ccccc3)[C@@]3(C)CCC2(O3)C1C(=O)NCn1nnc2ccccc21. The molecule has 0 radical (unpaired) electrons. The van der Waals surface area contributed by atoms with E-state index in [1.807, 2.05) is 75.4 Å². The van der Waals surface area contributed by atoms with Crippen LogP contribution in [0.5, 0.6) is 0 Å². The number of benzene rings is 2. The lowest BCUT2D eigenvalue weighted by atomic mass is 9.66. The van der Waals surface area contributed by atoms with Gasteiger partial charge >= 0.3 is 0 Å². The molecule has 6 atom stereocenters. The number of ether oxygens (including phenoxy) is 1. The summed E-state index contributed by atoms with van der Waals surface area (Å²) in [4.78, 5) is 43.8. The van der Waals surface area contributed by atoms with E-state index < -0.39 is 41.0 Å². The Bertz CT molecular complexity index is 1490. The zero-order valence-electron chi connectivity index (χ0n) is 24.2. The molecule has 11 nitrogen and oxygen atoms in total. The van der Waals surface area contributed by atoms with Gasteiger partial charge in [0.25, 0.3) is 0 Å². The number of hydrogen-bond acceptors (Lipinski definition) is 7. The number of carbonyl (C=O) groups is 3. The number of hydrogen-bond donors (Lipinski definition) is 3. The summed E-state index contributed by atoms with van der Waals surface area (Å²) in [6.45, 7) is 5.97. The van der Waals surface area contributed by atoms with Crippen molar-refractivity contribution in [2.45, 2.75) is 76.5 Å². The number of likely N-dealkylation sites (tertiary alicyclic amines) is 1. The van der Waals surface area contributed by atoms with Gasteiger partial charge in [-0.05, 0) is 49.8 Å². The standard InChI is InChI=1S/C31H38N6O5/c1-19(2)15-21(17-38)37-26(28(40)33-18-36-23-12-8-7-11-22(23)34-35-36)31-14-13-30(3,42-31)24(25(31)29(37)41)27(39)32-16-20-9-5-4-6-10-20/h4-12,19,21,24-26,38H,13-18H2,1-3H3,(H,32,39)(H,33,40)/t21-,24+,25+,26?,30-,31?/m1/s1. The fourth-order valence-electron chi connectivity index (χ4n) is 7.46. The zero-order chi connectivity index (χ0) is 29.6. The molecule has 0 saturated carbocycles. The number of para-hydroxylation sites is 1. The van der Waals surface area contributed by atoms with E-state index in [4.69, 9.17) is 4.74 Å². The van der Waals surface area contributed by atoms with Crippen molar-refractivity contribution in [3.8, 4) is 0 Å². The van der Waals surface area contributed by atoms with Crippen molar-refractivity contribution < 1.29 is 24.2 Å². The van der Waals surface area contributed by atoms with Crippen molar-refractivity contribution in [2.75, 3.05) is 6.61 Å². The van der Waals surface area contributed by atoms with E-state index >= 15 is 0 Å². The predicted octanol–water partition coefficient (Wildman–Crippen LogP) is 1.99. The van der Waals surface area contributed by atoms with Gasteiger partial charge in [-0.15, -0.1) is 5.10 Å². The average Bonchev–Trinajstić information content (AvgIpc) is 3.69. The summed E-state index contributed by atoms with van der Waals surface area (Å²) < 4.78 is 8.29. The molecule has 3 fully saturated rings. The van der Waals surface area contributed by atoms with Gasteiger partial charge in [-0.1, -0.05) is 61.5 Å². The zero-order valence-corrected chi connectivity index (χ0v) is 24.2. The third-order valence-corrected chi connectivity index (χ3v) is 9.23. The Kier molecular flexibility index (Phi) is 7.26. The molecule has 3 saturated heterocycles. The minimum absolute atomic E-state index is 0.0465. The molecule has 3 amide bonds. The molecule has 11 heteroatoms. The quantitative estimate of drug-likeness (QED) is 0.337. The maximum absolute atomic E-state index is 14.4. The normalized spacial score (nSPS) is 28.8. The Morgan fingerprint density at radius 2 is 1.81 bits per heavy atom. The fourth-order valence-corrected chi connectivity index (χ4v) is 7.46. The highest BCUT2D eigenvalue weighted by Gasteiger charge is 2.78. The van der Waals surface area contributed by atoms with Gasteiger partial charge in [0.2, 0.25) is 17.7 Å². The highest BCUT2D eigenvalue weighted by molar-refractivity contribution is 5.99. The molecule has 4 heterocycles. The van der Waals surface area contributed by atoms with E-state index in [1.165, 1.54) is 4.90 Å². The molecule has 3 aromatic rings. The number of fused-ring (bicyclic) bond motifs is 2. The van der Waals surface area contributed by atoms with Crippen LogP contribution in [0.3, 0.4) is 0 Å². The lowest BCUT2D eigenvalue weighted by Gasteiger charge is -2.37. The maximum Gasteiger partial charge on any atom is 0.247 e. The van der Waals surface area contributed by atoms with E-state index in [9.17, 15) is 19.5 Å². The highest BCUT2D eigenvalue weighted by atomic mass is 16.5. The summed E-state index contributed by atoms with van der Waals surface area (Å²) in [7, 11) is 0. The molecule has 2 unspecified atom stereocenters. The number of aromatic nitrogens is 3. The van der Waals surface area contributed by atoms with Gasteiger partial charge in [-0.3, -0.25) is 14.4 Å². The van der Waals surface area contributed by atoms with Gasteiger partial charge in [0, 0.05) is 6.54 Å². The Morgan fingerprint density at radius 3 is 2.55 bits per heavy atom. The second-order valence-electron chi connectivity index (χ2n) is 12.4. The van der Waals surface area contributed by atoms with Gasteiger partial charge in [-0.25, -0.2) is 4.68 Å². The molecule has 3 N–H and O–H groups in total. The highest BCUT2D eigenvalue weighted by Crippen LogP contribution is 2.63. The largest absolute Gasteiger partial charge is 0.394 e. The van der Waals surface area contributed by atoms with Crippen molar-refractivity contribution in [1.82, 2.24) is 30.5 Å². The minimum atomic E-state index is -1.18. The van der Waals surface area contributed by atoms with Crippen LogP contribution >= 0.6 is 0 Å². The number of aliphatic hydroxyl groups excluding tert-OH is 1. The van der Waals surface area contributed by atoms with Crippen LogP contribution in [-0.4, -0.2) is 72.6 Å². The first-order valence-corrected chi connectivity index (χ1v) is 14.7. The first-order chi connectivity index (χ1) is 20.2. The van der Waals surface area contributed by atoms with Crippen molar-refractivity contribution in [3.63, 3.8) is 0 Å². The van der Waals surface area contributed by atoms with Crippen LogP contribution in [0.4, 0.5) is 0 Å². The van der Waals surface area contributed by atoms with Crippen molar-refractivity contribution in [2.24, 2.45) is 17.8 Å². The van der Waals surface area contributed by atoms with Crippen LogP contribution in [-0.2, 0) is 32.3 Å². The van der Waals surface area contributed by atoms with Crippen LogP contribution in [0.2, 0.25) is 0 Å². The predicted molar refractivity (Wildman–Crippen MR) is 153 cm³/mol. The number of amides is 3. The summed E-state index contributed by atoms with van der Waals surface area (Å²) in [5.74, 6) is -2.42. The van der Waals surface area contributed by atoms with Gasteiger partial charge < -0.3 is 25.4 Å². The summed E-state index contributed by atoms with van der Waals surface area (Å²) >= 11 is 0. The summed E-state index contributed by atoms with van der Waals surface area (Å²) in [5, 5.41) is 24.8. The summed E-state index contributed by atoms with van der Waals surface area (Å²) in [5.41, 5.74) is 0.349. The lowest BCUT2D eigenvalue weighted by Crippen LogP contribution is -2.58. The molecule has 3 aliphatic heterocycles. The molecule has 1 aromatic heterocycles. The topological polar surface area (TPSA) is 139 Å². The lowest BCUT2D eigenvalue weighted by molar-refractivity contribution is -0.150. The molecule has 3 aliphatic rings. The molecule has 0 aliphatic carbocycles. The average molecular weight is 575 g/mol. The van der Waals surface area contributed by atoms with Crippen molar-refractivity contribution >= 4 is 28.8 Å². The van der Waals surface area contributed by atoms with Gasteiger partial charge in [0.05, 0.1) is 35.6 Å². The second-order valence-corrected chi connectivity index (χ2v) is 12.4. The molecular weight excluding hydrogens is 536 g/mol. The van der Waals surface area contributed by atoms with E-state index in [2.05, 4.69) is 20.9 Å². The molecular formula is C31H38N6O5. The van der Waals surface area contributed by atoms with E-state index in [1.54, 1.807) is 4.68 Å². The maximum atomic E-state index is 14.4. The third-order valence-electron chi connectivity index (χ3n) is 9.23. The van der Waals surface area contributed by atoms with Gasteiger partial charge in [0.15, 0.2) is 0 Å². The Balaban J connectivity index is 1.31. The number of nitrogens with one attached hydrogen (secondary N) is 2. The second kappa shape index (κ2) is 10.8. The minimum Gasteiger partial charge on any atom is -0.394 e. The summed E-state index contributed by atoms with van der Waals surface area (Å²) in [6.07, 6.45) is 1.51. The van der Waals surface area contributed by atoms with Crippen LogP contribution in [0.25, 0.3) is 11.0 Å². The van der Waals surface area contributed by atoms with Crippen LogP contribution in [0.1, 0.15) is 45.6 Å². The molecule has 2 bridgehead atoms. The first kappa shape index (κ1) is 28.3. The van der Waals surface area contributed by atoms with Crippen LogP contribution in [0, 0.1) is 17.8 Å².